The fraction of sp³-hybridized carbons (Fsp3) is 0.556. The van der Waals surface area contributed by atoms with Crippen LogP contribution in [0.2, 0.25) is 0 Å². The van der Waals surface area contributed by atoms with Crippen molar-refractivity contribution in [2.24, 2.45) is 5.73 Å². The Morgan fingerprint density at radius 2 is 2.21 bits per heavy atom. The number of aromatic nitrogens is 1. The molecule has 78 valence electrons. The zero-order valence-corrected chi connectivity index (χ0v) is 8.44. The lowest BCUT2D eigenvalue weighted by molar-refractivity contribution is -0.138. The quantitative estimate of drug-likeness (QED) is 0.741. The Morgan fingerprint density at radius 3 is 2.57 bits per heavy atom. The van der Waals surface area contributed by atoms with E-state index in [2.05, 4.69) is 5.16 Å². The maximum Gasteiger partial charge on any atom is 0.326 e. The van der Waals surface area contributed by atoms with Crippen LogP contribution < -0.4 is 5.73 Å². The third-order valence-corrected chi connectivity index (χ3v) is 1.85. The van der Waals surface area contributed by atoms with Crippen molar-refractivity contribution in [3.05, 3.63) is 17.5 Å². The summed E-state index contributed by atoms with van der Waals surface area (Å²) in [4.78, 5) is 10.6. The van der Waals surface area contributed by atoms with Crippen LogP contribution in [0.3, 0.4) is 0 Å². The maximum atomic E-state index is 10.6. The molecule has 0 amide bonds. The molecule has 0 aliphatic carbocycles. The molecule has 0 aliphatic rings. The fourth-order valence-electron chi connectivity index (χ4n) is 0.915. The average molecular weight is 198 g/mol. The smallest absolute Gasteiger partial charge is 0.326 e. The number of nitrogens with two attached hydrogens (primary N) is 1. The molecule has 0 radical (unpaired) electrons. The molecule has 1 aromatic heterocycles. The zero-order valence-electron chi connectivity index (χ0n) is 8.44. The molecule has 0 saturated heterocycles. The summed E-state index contributed by atoms with van der Waals surface area (Å²) in [6.45, 7) is 5.84. The zero-order chi connectivity index (χ0) is 10.9. The molecule has 0 spiro atoms. The Balaban J connectivity index is 2.94. The molecule has 0 aliphatic heterocycles. The monoisotopic (exact) mass is 198 g/mol. The molecule has 5 nitrogen and oxygen atoms in total. The molecule has 5 heteroatoms. The summed E-state index contributed by atoms with van der Waals surface area (Å²) in [5, 5.41) is 12.3. The van der Waals surface area contributed by atoms with Gasteiger partial charge in [-0.3, -0.25) is 4.79 Å². The SMILES string of the molecule is CC(C)(C)c1cc(C(N)C(=O)O)no1. The van der Waals surface area contributed by atoms with Crippen LogP contribution in [0.1, 0.15) is 38.3 Å². The van der Waals surface area contributed by atoms with E-state index in [4.69, 9.17) is 15.4 Å². The normalized spacial score (nSPS) is 14.0. The summed E-state index contributed by atoms with van der Waals surface area (Å²) in [7, 11) is 0. The van der Waals surface area contributed by atoms with E-state index in [0.29, 0.717) is 5.76 Å². The molecule has 3 N–H and O–H groups in total. The minimum absolute atomic E-state index is 0.191. The van der Waals surface area contributed by atoms with Crippen molar-refractivity contribution in [2.45, 2.75) is 32.2 Å². The van der Waals surface area contributed by atoms with E-state index >= 15 is 0 Å². The summed E-state index contributed by atoms with van der Waals surface area (Å²) in [6.07, 6.45) is 0. The second-order valence-corrected chi connectivity index (χ2v) is 4.18. The standard InChI is InChI=1S/C9H14N2O3/c1-9(2,3)6-4-5(11-14-6)7(10)8(12)13/h4,7H,10H2,1-3H3,(H,12,13). The highest BCUT2D eigenvalue weighted by atomic mass is 16.5. The van der Waals surface area contributed by atoms with Crippen LogP contribution in [0.15, 0.2) is 10.6 Å². The van der Waals surface area contributed by atoms with Crippen LogP contribution in [-0.2, 0) is 10.2 Å². The predicted molar refractivity (Wildman–Crippen MR) is 49.8 cm³/mol. The number of nitrogens with zero attached hydrogens (tertiary/aromatic N) is 1. The number of carbonyl (C=O) groups is 1. The van der Waals surface area contributed by atoms with Crippen molar-refractivity contribution in [1.82, 2.24) is 5.16 Å². The highest BCUT2D eigenvalue weighted by Crippen LogP contribution is 2.24. The van der Waals surface area contributed by atoms with Gasteiger partial charge in [-0.1, -0.05) is 25.9 Å². The minimum Gasteiger partial charge on any atom is -0.480 e. The first kappa shape index (κ1) is 10.7. The molecule has 1 rings (SSSR count). The van der Waals surface area contributed by atoms with Crippen LogP contribution >= 0.6 is 0 Å². The van der Waals surface area contributed by atoms with E-state index in [1.165, 1.54) is 0 Å². The number of rotatable bonds is 2. The van der Waals surface area contributed by atoms with Gasteiger partial charge in [0.1, 0.15) is 17.5 Å². The van der Waals surface area contributed by atoms with E-state index < -0.39 is 12.0 Å². The minimum atomic E-state index is -1.12. The number of carboxylic acid groups (broad SMARTS) is 1. The van der Waals surface area contributed by atoms with Gasteiger partial charge < -0.3 is 15.4 Å². The molecular weight excluding hydrogens is 184 g/mol. The first-order valence-electron chi connectivity index (χ1n) is 4.28. The van der Waals surface area contributed by atoms with Gasteiger partial charge in [0.05, 0.1) is 0 Å². The molecule has 0 aromatic carbocycles. The number of carboxylic acids is 1. The molecule has 14 heavy (non-hydrogen) atoms. The molecular formula is C9H14N2O3. The van der Waals surface area contributed by atoms with Crippen molar-refractivity contribution < 1.29 is 14.4 Å². The lowest BCUT2D eigenvalue weighted by atomic mass is 9.93. The predicted octanol–water partition coefficient (Wildman–Crippen LogP) is 1.06. The van der Waals surface area contributed by atoms with Gasteiger partial charge in [0.25, 0.3) is 0 Å². The summed E-state index contributed by atoms with van der Waals surface area (Å²) in [6, 6.07) is 0.466. The third kappa shape index (κ3) is 2.11. The van der Waals surface area contributed by atoms with E-state index in [1.54, 1.807) is 6.07 Å². The lowest BCUT2D eigenvalue weighted by Gasteiger charge is -2.12. The van der Waals surface area contributed by atoms with E-state index in [9.17, 15) is 4.79 Å². The Kier molecular flexibility index (Phi) is 2.62. The van der Waals surface area contributed by atoms with Gasteiger partial charge in [-0.15, -0.1) is 0 Å². The van der Waals surface area contributed by atoms with Gasteiger partial charge in [0.2, 0.25) is 0 Å². The molecule has 0 fully saturated rings. The molecule has 0 saturated carbocycles. The van der Waals surface area contributed by atoms with Gasteiger partial charge >= 0.3 is 5.97 Å². The van der Waals surface area contributed by atoms with Crippen molar-refractivity contribution in [1.29, 1.82) is 0 Å². The molecule has 1 heterocycles. The van der Waals surface area contributed by atoms with Crippen molar-refractivity contribution in [2.75, 3.05) is 0 Å². The summed E-state index contributed by atoms with van der Waals surface area (Å²) >= 11 is 0. The summed E-state index contributed by atoms with van der Waals surface area (Å²) in [5.41, 5.74) is 5.43. The van der Waals surface area contributed by atoms with Crippen LogP contribution in [-0.4, -0.2) is 16.2 Å². The molecule has 0 bridgehead atoms. The van der Waals surface area contributed by atoms with Crippen molar-refractivity contribution in [3.63, 3.8) is 0 Å². The van der Waals surface area contributed by atoms with Crippen molar-refractivity contribution in [3.8, 4) is 0 Å². The number of aliphatic carboxylic acids is 1. The first-order valence-corrected chi connectivity index (χ1v) is 4.28. The average Bonchev–Trinajstić information content (AvgIpc) is 2.49. The van der Waals surface area contributed by atoms with Crippen LogP contribution in [0.5, 0.6) is 0 Å². The largest absolute Gasteiger partial charge is 0.480 e. The molecule has 1 atom stereocenters. The van der Waals surface area contributed by atoms with E-state index in [-0.39, 0.29) is 11.1 Å². The van der Waals surface area contributed by atoms with Gasteiger partial charge in [-0.2, -0.15) is 0 Å². The van der Waals surface area contributed by atoms with Gasteiger partial charge in [0, 0.05) is 11.5 Å². The molecule has 1 aromatic rings. The Labute approximate surface area is 81.9 Å². The summed E-state index contributed by atoms with van der Waals surface area (Å²) < 4.78 is 5.01. The van der Waals surface area contributed by atoms with Crippen LogP contribution in [0.4, 0.5) is 0 Å². The Bertz CT molecular complexity index is 338. The fourth-order valence-corrected chi connectivity index (χ4v) is 0.915. The highest BCUT2D eigenvalue weighted by molar-refractivity contribution is 5.74. The second kappa shape index (κ2) is 3.42. The first-order chi connectivity index (χ1) is 6.32. The van der Waals surface area contributed by atoms with Crippen molar-refractivity contribution >= 4 is 5.97 Å². The van der Waals surface area contributed by atoms with Crippen LogP contribution in [0.25, 0.3) is 0 Å². The van der Waals surface area contributed by atoms with E-state index in [0.717, 1.165) is 0 Å². The highest BCUT2D eigenvalue weighted by Gasteiger charge is 2.24. The van der Waals surface area contributed by atoms with Gasteiger partial charge in [-0.05, 0) is 0 Å². The Hall–Kier alpha value is -1.36. The second-order valence-electron chi connectivity index (χ2n) is 4.18. The third-order valence-electron chi connectivity index (χ3n) is 1.85. The Morgan fingerprint density at radius 1 is 1.64 bits per heavy atom. The lowest BCUT2D eigenvalue weighted by Crippen LogP contribution is -2.20. The topological polar surface area (TPSA) is 89.4 Å². The van der Waals surface area contributed by atoms with Gasteiger partial charge in [-0.25, -0.2) is 0 Å². The maximum absolute atomic E-state index is 10.6. The number of hydrogen-bond acceptors (Lipinski definition) is 4. The number of hydrogen-bond donors (Lipinski definition) is 2. The van der Waals surface area contributed by atoms with E-state index in [1.807, 2.05) is 20.8 Å². The van der Waals surface area contributed by atoms with Crippen LogP contribution in [0, 0.1) is 0 Å². The molecule has 1 unspecified atom stereocenters. The summed E-state index contributed by atoms with van der Waals surface area (Å²) in [5.74, 6) is -0.483. The van der Waals surface area contributed by atoms with Gasteiger partial charge in [0.15, 0.2) is 0 Å².